The van der Waals surface area contributed by atoms with Crippen LogP contribution in [-0.4, -0.2) is 30.1 Å². The molecule has 1 aliphatic rings. The number of aliphatic hydroxyl groups excluding tert-OH is 1. The molecule has 1 unspecified atom stereocenters. The molecule has 0 saturated carbocycles. The molecular weight excluding hydrogens is 402 g/mol. The predicted molar refractivity (Wildman–Crippen MR) is 125 cm³/mol. The summed E-state index contributed by atoms with van der Waals surface area (Å²) in [5.41, 5.74) is 4.53. The zero-order chi connectivity index (χ0) is 22.7. The Balaban J connectivity index is 1.76. The number of methoxy groups -OCH3 is 2. The number of aryl methyl sites for hydroxylation is 1. The fourth-order valence-corrected chi connectivity index (χ4v) is 4.09. The van der Waals surface area contributed by atoms with Gasteiger partial charge in [-0.2, -0.15) is 0 Å². The first-order valence-electron chi connectivity index (χ1n) is 10.7. The summed E-state index contributed by atoms with van der Waals surface area (Å²) in [6, 6.07) is 22.9. The van der Waals surface area contributed by atoms with E-state index in [-0.39, 0.29) is 11.7 Å². The number of aliphatic hydroxyl groups is 1. The van der Waals surface area contributed by atoms with Crippen LogP contribution in [0.4, 0.5) is 0 Å². The first kappa shape index (κ1) is 21.5. The second-order valence-electron chi connectivity index (χ2n) is 7.77. The van der Waals surface area contributed by atoms with Crippen LogP contribution in [-0.2, 0) is 17.8 Å². The molecule has 0 radical (unpaired) electrons. The minimum Gasteiger partial charge on any atom is -0.503 e. The summed E-state index contributed by atoms with van der Waals surface area (Å²) in [5, 5.41) is 10.9. The van der Waals surface area contributed by atoms with Crippen LogP contribution in [0.5, 0.6) is 11.5 Å². The van der Waals surface area contributed by atoms with Crippen LogP contribution in [0, 0.1) is 0 Å². The number of carbonyl (C=O) groups is 1. The van der Waals surface area contributed by atoms with Gasteiger partial charge in [-0.25, -0.2) is 0 Å². The molecule has 1 heterocycles. The van der Waals surface area contributed by atoms with Gasteiger partial charge >= 0.3 is 0 Å². The number of hydrogen-bond donors (Lipinski definition) is 1. The Hall–Kier alpha value is -3.73. The van der Waals surface area contributed by atoms with E-state index in [1.165, 1.54) is 5.56 Å². The van der Waals surface area contributed by atoms with Gasteiger partial charge in [0, 0.05) is 12.1 Å². The van der Waals surface area contributed by atoms with Crippen molar-refractivity contribution in [3.8, 4) is 11.5 Å². The summed E-state index contributed by atoms with van der Waals surface area (Å²) in [5.74, 6) is 0.884. The van der Waals surface area contributed by atoms with Crippen molar-refractivity contribution in [3.05, 3.63) is 101 Å². The number of carbonyl (C=O) groups excluding carboxylic acids is 1. The molecule has 0 saturated heterocycles. The SMILES string of the molecule is CCc1ccc(C2C(c3ccc(OC)cc3)=C(O)C(=O)N2Cc2ccc(OC)cc2)cc1. The molecule has 4 rings (SSSR count). The van der Waals surface area contributed by atoms with E-state index in [0.717, 1.165) is 34.6 Å². The lowest BCUT2D eigenvalue weighted by atomic mass is 9.92. The zero-order valence-corrected chi connectivity index (χ0v) is 18.5. The van der Waals surface area contributed by atoms with Crippen LogP contribution >= 0.6 is 0 Å². The third-order valence-corrected chi connectivity index (χ3v) is 5.92. The van der Waals surface area contributed by atoms with Gasteiger partial charge in [-0.1, -0.05) is 55.5 Å². The van der Waals surface area contributed by atoms with Crippen molar-refractivity contribution in [2.75, 3.05) is 14.2 Å². The van der Waals surface area contributed by atoms with Crippen molar-refractivity contribution in [1.29, 1.82) is 0 Å². The monoisotopic (exact) mass is 429 g/mol. The Bertz CT molecular complexity index is 1120. The van der Waals surface area contributed by atoms with Gasteiger partial charge in [0.15, 0.2) is 5.76 Å². The van der Waals surface area contributed by atoms with Crippen LogP contribution in [0.3, 0.4) is 0 Å². The van der Waals surface area contributed by atoms with Gasteiger partial charge in [0.2, 0.25) is 0 Å². The van der Waals surface area contributed by atoms with Gasteiger partial charge in [-0.15, -0.1) is 0 Å². The van der Waals surface area contributed by atoms with E-state index in [0.29, 0.717) is 12.1 Å². The van der Waals surface area contributed by atoms with Crippen LogP contribution < -0.4 is 9.47 Å². The smallest absolute Gasteiger partial charge is 0.290 e. The van der Waals surface area contributed by atoms with Crippen molar-refractivity contribution in [3.63, 3.8) is 0 Å². The lowest BCUT2D eigenvalue weighted by Crippen LogP contribution is -2.29. The molecule has 164 valence electrons. The van der Waals surface area contributed by atoms with Crippen LogP contribution in [0.2, 0.25) is 0 Å². The lowest BCUT2D eigenvalue weighted by Gasteiger charge is -2.28. The molecule has 1 amide bonds. The standard InChI is InChI=1S/C27H27NO4/c1-4-18-5-9-21(10-6-18)25-24(20-11-15-23(32-3)16-12-20)26(29)27(30)28(25)17-19-7-13-22(31-2)14-8-19/h5-16,25,29H,4,17H2,1-3H3. The molecule has 3 aromatic rings. The van der Waals surface area contributed by atoms with Gasteiger partial charge < -0.3 is 19.5 Å². The molecule has 5 heteroatoms. The molecule has 1 aliphatic heterocycles. The maximum Gasteiger partial charge on any atom is 0.290 e. The van der Waals surface area contributed by atoms with Gasteiger partial charge in [-0.05, 0) is 52.9 Å². The molecule has 3 aromatic carbocycles. The molecule has 32 heavy (non-hydrogen) atoms. The van der Waals surface area contributed by atoms with Crippen LogP contribution in [0.25, 0.3) is 5.57 Å². The molecule has 1 N–H and O–H groups in total. The lowest BCUT2D eigenvalue weighted by molar-refractivity contribution is -0.130. The second-order valence-corrected chi connectivity index (χ2v) is 7.77. The highest BCUT2D eigenvalue weighted by atomic mass is 16.5. The molecular formula is C27H27NO4. The molecule has 0 aliphatic carbocycles. The fraction of sp³-hybridized carbons (Fsp3) is 0.222. The second kappa shape index (κ2) is 9.18. The minimum absolute atomic E-state index is 0.215. The number of ether oxygens (including phenoxy) is 2. The summed E-state index contributed by atoms with van der Waals surface area (Å²) in [6.45, 7) is 2.48. The maximum absolute atomic E-state index is 13.2. The summed E-state index contributed by atoms with van der Waals surface area (Å²) < 4.78 is 10.5. The van der Waals surface area contributed by atoms with Crippen molar-refractivity contribution >= 4 is 11.5 Å². The summed E-state index contributed by atoms with van der Waals surface area (Å²) in [7, 11) is 3.23. The van der Waals surface area contributed by atoms with Gasteiger partial charge in [0.05, 0.1) is 20.3 Å². The highest BCUT2D eigenvalue weighted by molar-refractivity contribution is 6.05. The summed E-state index contributed by atoms with van der Waals surface area (Å²) >= 11 is 0. The zero-order valence-electron chi connectivity index (χ0n) is 18.5. The normalized spacial score (nSPS) is 15.9. The third kappa shape index (κ3) is 4.06. The highest BCUT2D eigenvalue weighted by Gasteiger charge is 2.41. The topological polar surface area (TPSA) is 59.0 Å². The van der Waals surface area contributed by atoms with E-state index in [2.05, 4.69) is 19.1 Å². The van der Waals surface area contributed by atoms with E-state index in [9.17, 15) is 9.90 Å². The minimum atomic E-state index is -0.399. The van der Waals surface area contributed by atoms with E-state index < -0.39 is 6.04 Å². The number of benzene rings is 3. The maximum atomic E-state index is 13.2. The van der Waals surface area contributed by atoms with Crippen molar-refractivity contribution < 1.29 is 19.4 Å². The Kier molecular flexibility index (Phi) is 6.17. The Morgan fingerprint density at radius 1 is 0.812 bits per heavy atom. The Labute approximate surface area is 188 Å². The van der Waals surface area contributed by atoms with Gasteiger partial charge in [0.25, 0.3) is 5.91 Å². The van der Waals surface area contributed by atoms with Crippen LogP contribution in [0.1, 0.15) is 35.2 Å². The van der Waals surface area contributed by atoms with E-state index >= 15 is 0 Å². The molecule has 0 bridgehead atoms. The van der Waals surface area contributed by atoms with Gasteiger partial charge in [-0.3, -0.25) is 4.79 Å². The van der Waals surface area contributed by atoms with E-state index in [4.69, 9.17) is 9.47 Å². The quantitative estimate of drug-likeness (QED) is 0.552. The molecule has 0 fully saturated rings. The first-order valence-corrected chi connectivity index (χ1v) is 10.7. The molecule has 1 atom stereocenters. The average Bonchev–Trinajstić information content (AvgIpc) is 3.09. The summed E-state index contributed by atoms with van der Waals surface area (Å²) in [4.78, 5) is 14.9. The third-order valence-electron chi connectivity index (χ3n) is 5.92. The molecule has 0 spiro atoms. The number of hydrogen-bond acceptors (Lipinski definition) is 4. The number of nitrogens with zero attached hydrogens (tertiary/aromatic N) is 1. The first-order chi connectivity index (χ1) is 15.5. The largest absolute Gasteiger partial charge is 0.503 e. The predicted octanol–water partition coefficient (Wildman–Crippen LogP) is 5.32. The van der Waals surface area contributed by atoms with E-state index in [1.54, 1.807) is 19.1 Å². The highest BCUT2D eigenvalue weighted by Crippen LogP contribution is 2.44. The fourth-order valence-electron chi connectivity index (χ4n) is 4.09. The van der Waals surface area contributed by atoms with E-state index in [1.807, 2.05) is 60.7 Å². The van der Waals surface area contributed by atoms with Crippen molar-refractivity contribution in [1.82, 2.24) is 4.90 Å². The molecule has 5 nitrogen and oxygen atoms in total. The van der Waals surface area contributed by atoms with Crippen molar-refractivity contribution in [2.45, 2.75) is 25.9 Å². The molecule has 0 aromatic heterocycles. The number of rotatable bonds is 7. The average molecular weight is 430 g/mol. The summed E-state index contributed by atoms with van der Waals surface area (Å²) in [6.07, 6.45) is 0.936. The number of amides is 1. The Morgan fingerprint density at radius 3 is 1.88 bits per heavy atom. The van der Waals surface area contributed by atoms with Gasteiger partial charge in [0.1, 0.15) is 11.5 Å². The van der Waals surface area contributed by atoms with Crippen LogP contribution in [0.15, 0.2) is 78.6 Å². The van der Waals surface area contributed by atoms with Crippen molar-refractivity contribution in [2.24, 2.45) is 0 Å². The Morgan fingerprint density at radius 2 is 1.34 bits per heavy atom.